The standard InChI is InChI=1S/C21H21NO4/c1-3-25-19-10-6-8-17(14(2)21(23)24)20(19)26-13-15-11-16-7-4-5-9-18(16)22-12-15/h4-12,14H,3,13H2,1-2H3,(H,23,24). The molecule has 0 aliphatic carbocycles. The predicted molar refractivity (Wildman–Crippen MR) is 99.7 cm³/mol. The van der Waals surface area contributed by atoms with Gasteiger partial charge in [0.05, 0.1) is 18.0 Å². The number of carboxylic acids is 1. The van der Waals surface area contributed by atoms with Gasteiger partial charge < -0.3 is 14.6 Å². The average Bonchev–Trinajstić information content (AvgIpc) is 2.66. The van der Waals surface area contributed by atoms with Crippen LogP contribution in [0.3, 0.4) is 0 Å². The topological polar surface area (TPSA) is 68.7 Å². The van der Waals surface area contributed by atoms with E-state index in [0.717, 1.165) is 16.5 Å². The van der Waals surface area contributed by atoms with Crippen molar-refractivity contribution >= 4 is 16.9 Å². The average molecular weight is 351 g/mol. The largest absolute Gasteiger partial charge is 0.490 e. The van der Waals surface area contributed by atoms with Crippen molar-refractivity contribution in [3.63, 3.8) is 0 Å². The fourth-order valence-corrected chi connectivity index (χ4v) is 2.78. The molecule has 1 aromatic heterocycles. The third kappa shape index (κ3) is 3.77. The number of rotatable bonds is 7. The molecule has 0 bridgehead atoms. The maximum absolute atomic E-state index is 11.4. The van der Waals surface area contributed by atoms with Crippen LogP contribution in [-0.4, -0.2) is 22.7 Å². The maximum Gasteiger partial charge on any atom is 0.310 e. The smallest absolute Gasteiger partial charge is 0.310 e. The Hall–Kier alpha value is -3.08. The molecule has 0 saturated carbocycles. The molecule has 0 spiro atoms. The second-order valence-electron chi connectivity index (χ2n) is 5.99. The molecular formula is C21H21NO4. The first-order chi connectivity index (χ1) is 12.6. The van der Waals surface area contributed by atoms with E-state index in [4.69, 9.17) is 9.47 Å². The van der Waals surface area contributed by atoms with Crippen LogP contribution in [0.1, 0.15) is 30.9 Å². The molecule has 0 aliphatic heterocycles. The lowest BCUT2D eigenvalue weighted by atomic mass is 10.00. The highest BCUT2D eigenvalue weighted by molar-refractivity contribution is 5.79. The Morgan fingerprint density at radius 3 is 2.73 bits per heavy atom. The van der Waals surface area contributed by atoms with Crippen molar-refractivity contribution < 1.29 is 19.4 Å². The zero-order chi connectivity index (χ0) is 18.5. The van der Waals surface area contributed by atoms with E-state index in [1.165, 1.54) is 0 Å². The molecule has 1 unspecified atom stereocenters. The van der Waals surface area contributed by atoms with E-state index in [9.17, 15) is 9.90 Å². The van der Waals surface area contributed by atoms with Crippen LogP contribution in [0.5, 0.6) is 11.5 Å². The molecular weight excluding hydrogens is 330 g/mol. The molecule has 1 N–H and O–H groups in total. The van der Waals surface area contributed by atoms with E-state index >= 15 is 0 Å². The zero-order valence-corrected chi connectivity index (χ0v) is 14.8. The third-order valence-corrected chi connectivity index (χ3v) is 4.18. The van der Waals surface area contributed by atoms with Crippen LogP contribution in [0, 0.1) is 0 Å². The highest BCUT2D eigenvalue weighted by Crippen LogP contribution is 2.36. The molecule has 3 aromatic rings. The molecule has 0 saturated heterocycles. The minimum absolute atomic E-state index is 0.279. The van der Waals surface area contributed by atoms with Gasteiger partial charge in [0.2, 0.25) is 0 Å². The molecule has 0 radical (unpaired) electrons. The number of nitrogens with zero attached hydrogens (tertiary/aromatic N) is 1. The summed E-state index contributed by atoms with van der Waals surface area (Å²) in [6.45, 7) is 4.27. The first-order valence-electron chi connectivity index (χ1n) is 8.55. The first-order valence-corrected chi connectivity index (χ1v) is 8.55. The number of aliphatic carboxylic acids is 1. The summed E-state index contributed by atoms with van der Waals surface area (Å²) in [5.74, 6) is -0.583. The van der Waals surface area contributed by atoms with Gasteiger partial charge in [-0.05, 0) is 32.0 Å². The van der Waals surface area contributed by atoms with Crippen LogP contribution in [0.4, 0.5) is 0 Å². The summed E-state index contributed by atoms with van der Waals surface area (Å²) in [4.78, 5) is 15.9. The number of carbonyl (C=O) groups is 1. The molecule has 5 heteroatoms. The Morgan fingerprint density at radius 1 is 1.15 bits per heavy atom. The van der Waals surface area contributed by atoms with Crippen molar-refractivity contribution in [2.24, 2.45) is 0 Å². The number of hydrogen-bond donors (Lipinski definition) is 1. The highest BCUT2D eigenvalue weighted by Gasteiger charge is 2.21. The Morgan fingerprint density at radius 2 is 1.96 bits per heavy atom. The SMILES string of the molecule is CCOc1cccc(C(C)C(=O)O)c1OCc1cnc2ccccc2c1. The van der Waals surface area contributed by atoms with E-state index in [1.54, 1.807) is 31.3 Å². The van der Waals surface area contributed by atoms with E-state index in [0.29, 0.717) is 23.7 Å². The molecule has 2 aromatic carbocycles. The van der Waals surface area contributed by atoms with Crippen molar-refractivity contribution in [3.8, 4) is 11.5 Å². The van der Waals surface area contributed by atoms with Gasteiger partial charge in [-0.3, -0.25) is 9.78 Å². The lowest BCUT2D eigenvalue weighted by Crippen LogP contribution is -2.11. The Labute approximate surface area is 152 Å². The van der Waals surface area contributed by atoms with Crippen LogP contribution in [0.25, 0.3) is 10.9 Å². The fraction of sp³-hybridized carbons (Fsp3) is 0.238. The lowest BCUT2D eigenvalue weighted by molar-refractivity contribution is -0.138. The molecule has 0 amide bonds. The van der Waals surface area contributed by atoms with E-state index < -0.39 is 11.9 Å². The van der Waals surface area contributed by atoms with Gasteiger partial charge in [-0.15, -0.1) is 0 Å². The summed E-state index contributed by atoms with van der Waals surface area (Å²) < 4.78 is 11.6. The van der Waals surface area contributed by atoms with Crippen LogP contribution < -0.4 is 9.47 Å². The van der Waals surface area contributed by atoms with Crippen molar-refractivity contribution in [1.82, 2.24) is 4.98 Å². The highest BCUT2D eigenvalue weighted by atomic mass is 16.5. The molecule has 0 fully saturated rings. The third-order valence-electron chi connectivity index (χ3n) is 4.18. The normalized spacial score (nSPS) is 11.9. The molecule has 134 valence electrons. The number of hydrogen-bond acceptors (Lipinski definition) is 4. The van der Waals surface area contributed by atoms with Crippen molar-refractivity contribution in [1.29, 1.82) is 0 Å². The van der Waals surface area contributed by atoms with E-state index in [2.05, 4.69) is 4.98 Å². The Kier molecular flexibility index (Phi) is 5.37. The van der Waals surface area contributed by atoms with Gasteiger partial charge in [0.1, 0.15) is 6.61 Å². The summed E-state index contributed by atoms with van der Waals surface area (Å²) in [6, 6.07) is 15.2. The monoisotopic (exact) mass is 351 g/mol. The Balaban J connectivity index is 1.90. The molecule has 0 aliphatic rings. The number of aromatic nitrogens is 1. The number of pyridine rings is 1. The maximum atomic E-state index is 11.4. The number of carboxylic acid groups (broad SMARTS) is 1. The van der Waals surface area contributed by atoms with Crippen LogP contribution in [0.15, 0.2) is 54.7 Å². The fourth-order valence-electron chi connectivity index (χ4n) is 2.78. The van der Waals surface area contributed by atoms with Gasteiger partial charge in [-0.2, -0.15) is 0 Å². The Bertz CT molecular complexity index is 923. The first kappa shape index (κ1) is 17.7. The quantitative estimate of drug-likeness (QED) is 0.683. The summed E-state index contributed by atoms with van der Waals surface area (Å²) in [7, 11) is 0. The van der Waals surface area contributed by atoms with Gasteiger partial charge in [-0.25, -0.2) is 0 Å². The summed E-state index contributed by atoms with van der Waals surface area (Å²) in [6.07, 6.45) is 1.77. The number of para-hydroxylation sites is 2. The second kappa shape index (κ2) is 7.87. The van der Waals surface area contributed by atoms with Crippen molar-refractivity contribution in [2.45, 2.75) is 26.4 Å². The van der Waals surface area contributed by atoms with Crippen LogP contribution >= 0.6 is 0 Å². The van der Waals surface area contributed by atoms with Gasteiger partial charge in [0.15, 0.2) is 11.5 Å². The van der Waals surface area contributed by atoms with Gasteiger partial charge in [0.25, 0.3) is 0 Å². The summed E-state index contributed by atoms with van der Waals surface area (Å²) >= 11 is 0. The molecule has 1 heterocycles. The van der Waals surface area contributed by atoms with Gasteiger partial charge in [-0.1, -0.05) is 30.3 Å². The number of benzene rings is 2. The minimum Gasteiger partial charge on any atom is -0.490 e. The van der Waals surface area contributed by atoms with Gasteiger partial charge >= 0.3 is 5.97 Å². The van der Waals surface area contributed by atoms with E-state index in [-0.39, 0.29) is 6.61 Å². The molecule has 3 rings (SSSR count). The van der Waals surface area contributed by atoms with Crippen molar-refractivity contribution in [2.75, 3.05) is 6.61 Å². The minimum atomic E-state index is -0.907. The number of ether oxygens (including phenoxy) is 2. The van der Waals surface area contributed by atoms with Crippen molar-refractivity contribution in [3.05, 3.63) is 65.9 Å². The second-order valence-corrected chi connectivity index (χ2v) is 5.99. The zero-order valence-electron chi connectivity index (χ0n) is 14.8. The summed E-state index contributed by atoms with van der Waals surface area (Å²) in [5, 5.41) is 10.4. The summed E-state index contributed by atoms with van der Waals surface area (Å²) in [5.41, 5.74) is 2.42. The molecule has 1 atom stereocenters. The van der Waals surface area contributed by atoms with Crippen LogP contribution in [0.2, 0.25) is 0 Å². The molecule has 5 nitrogen and oxygen atoms in total. The predicted octanol–water partition coefficient (Wildman–Crippen LogP) is 4.40. The van der Waals surface area contributed by atoms with Crippen LogP contribution in [-0.2, 0) is 11.4 Å². The molecule has 26 heavy (non-hydrogen) atoms. The lowest BCUT2D eigenvalue weighted by Gasteiger charge is -2.18. The van der Waals surface area contributed by atoms with E-state index in [1.807, 2.05) is 37.3 Å². The van der Waals surface area contributed by atoms with Gasteiger partial charge in [0, 0.05) is 22.7 Å². The number of fused-ring (bicyclic) bond motifs is 1.